The number of benzene rings is 1. The molecule has 2 N–H and O–H groups in total. The lowest BCUT2D eigenvalue weighted by Crippen LogP contribution is -2.29. The molecule has 0 aliphatic rings. The summed E-state index contributed by atoms with van der Waals surface area (Å²) in [4.78, 5) is 16.7. The van der Waals surface area contributed by atoms with E-state index in [0.29, 0.717) is 29.3 Å². The van der Waals surface area contributed by atoms with Crippen LogP contribution < -0.4 is 14.8 Å². The van der Waals surface area contributed by atoms with Crippen molar-refractivity contribution in [2.45, 2.75) is 20.3 Å². The predicted octanol–water partition coefficient (Wildman–Crippen LogP) is 2.89. The van der Waals surface area contributed by atoms with E-state index in [9.17, 15) is 4.79 Å². The van der Waals surface area contributed by atoms with Gasteiger partial charge in [0.15, 0.2) is 17.1 Å². The van der Waals surface area contributed by atoms with Gasteiger partial charge < -0.3 is 14.8 Å². The molecule has 27 heavy (non-hydrogen) atoms. The fourth-order valence-electron chi connectivity index (χ4n) is 2.99. The summed E-state index contributed by atoms with van der Waals surface area (Å²) in [6.45, 7) is 4.57. The summed E-state index contributed by atoms with van der Waals surface area (Å²) in [5.41, 5.74) is 3.18. The Kier molecular flexibility index (Phi) is 5.59. The van der Waals surface area contributed by atoms with Gasteiger partial charge in [0.2, 0.25) is 0 Å². The van der Waals surface area contributed by atoms with Crippen LogP contribution in [0.4, 0.5) is 0 Å². The summed E-state index contributed by atoms with van der Waals surface area (Å²) in [7, 11) is 3.24. The third kappa shape index (κ3) is 4.19. The fraction of sp³-hybridized carbons (Fsp3) is 0.350. The van der Waals surface area contributed by atoms with Crippen LogP contribution in [0.1, 0.15) is 28.5 Å². The molecule has 3 rings (SSSR count). The number of ether oxygens (including phenoxy) is 2. The lowest BCUT2D eigenvalue weighted by Gasteiger charge is -2.14. The van der Waals surface area contributed by atoms with E-state index in [0.717, 1.165) is 23.1 Å². The van der Waals surface area contributed by atoms with Crippen molar-refractivity contribution in [1.82, 2.24) is 20.5 Å². The van der Waals surface area contributed by atoms with Gasteiger partial charge in [0.05, 0.1) is 19.8 Å². The van der Waals surface area contributed by atoms with Crippen LogP contribution in [-0.2, 0) is 6.42 Å². The zero-order chi connectivity index (χ0) is 19.4. The van der Waals surface area contributed by atoms with Crippen LogP contribution in [0.25, 0.3) is 11.0 Å². The Bertz CT molecular complexity index is 952. The maximum absolute atomic E-state index is 12.4. The molecular formula is C20H24N4O3. The number of nitrogens with zero attached hydrogens (tertiary/aromatic N) is 2. The Morgan fingerprint density at radius 1 is 1.22 bits per heavy atom. The number of carbonyl (C=O) groups is 1. The number of aromatic amines is 1. The summed E-state index contributed by atoms with van der Waals surface area (Å²) < 4.78 is 10.6. The summed E-state index contributed by atoms with van der Waals surface area (Å²) in [5.74, 6) is 1.55. The quantitative estimate of drug-likeness (QED) is 0.669. The average molecular weight is 368 g/mol. The maximum atomic E-state index is 12.4. The summed E-state index contributed by atoms with van der Waals surface area (Å²) in [5, 5.41) is 10.8. The number of H-pyrrole nitrogens is 1. The van der Waals surface area contributed by atoms with Crippen molar-refractivity contribution < 1.29 is 14.3 Å². The van der Waals surface area contributed by atoms with Crippen molar-refractivity contribution in [3.05, 3.63) is 47.3 Å². The van der Waals surface area contributed by atoms with Crippen molar-refractivity contribution in [1.29, 1.82) is 0 Å². The molecule has 7 nitrogen and oxygen atoms in total. The van der Waals surface area contributed by atoms with Gasteiger partial charge in [-0.05, 0) is 43.0 Å². The van der Waals surface area contributed by atoms with Crippen LogP contribution in [-0.4, -0.2) is 41.9 Å². The van der Waals surface area contributed by atoms with Gasteiger partial charge in [0.25, 0.3) is 5.91 Å². The highest BCUT2D eigenvalue weighted by Crippen LogP contribution is 2.28. The van der Waals surface area contributed by atoms with Crippen LogP contribution in [0.5, 0.6) is 11.5 Å². The number of hydrogen-bond donors (Lipinski definition) is 2. The maximum Gasteiger partial charge on any atom is 0.252 e. The van der Waals surface area contributed by atoms with Gasteiger partial charge in [-0.2, -0.15) is 5.10 Å². The Morgan fingerprint density at radius 3 is 2.74 bits per heavy atom. The molecule has 0 aliphatic heterocycles. The van der Waals surface area contributed by atoms with Gasteiger partial charge in [-0.3, -0.25) is 9.89 Å². The lowest BCUT2D eigenvalue weighted by atomic mass is 10.0. The second-order valence-corrected chi connectivity index (χ2v) is 6.65. The first-order valence-electron chi connectivity index (χ1n) is 8.81. The van der Waals surface area contributed by atoms with Gasteiger partial charge in [-0.15, -0.1) is 0 Å². The molecule has 0 spiro atoms. The first kappa shape index (κ1) is 18.7. The minimum atomic E-state index is -0.135. The van der Waals surface area contributed by atoms with Crippen molar-refractivity contribution >= 4 is 16.9 Å². The van der Waals surface area contributed by atoms with Crippen LogP contribution in [0.3, 0.4) is 0 Å². The number of amides is 1. The average Bonchev–Trinajstić information content (AvgIpc) is 3.06. The standard InChI is InChI=1S/C20H24N4O3/c1-12(7-14-5-6-17(26-3)18(8-14)27-4)10-22-20(25)15-9-16-13(2)23-24-19(16)21-11-15/h5-6,8-9,11-12H,7,10H2,1-4H3,(H,22,25)(H,21,23,24)/t12-/m1/s1. The Balaban J connectivity index is 1.60. The second kappa shape index (κ2) is 8.07. The minimum Gasteiger partial charge on any atom is -0.493 e. The van der Waals surface area contributed by atoms with Gasteiger partial charge in [0, 0.05) is 23.8 Å². The molecule has 0 aliphatic carbocycles. The number of rotatable bonds is 7. The first-order chi connectivity index (χ1) is 13.0. The number of aromatic nitrogens is 3. The van der Waals surface area contributed by atoms with Gasteiger partial charge in [-0.1, -0.05) is 13.0 Å². The molecule has 0 bridgehead atoms. The molecule has 7 heteroatoms. The number of methoxy groups -OCH3 is 2. The molecule has 0 radical (unpaired) electrons. The van der Waals surface area contributed by atoms with E-state index in [4.69, 9.17) is 9.47 Å². The Morgan fingerprint density at radius 2 is 2.00 bits per heavy atom. The zero-order valence-electron chi connectivity index (χ0n) is 16.0. The number of hydrogen-bond acceptors (Lipinski definition) is 5. The topological polar surface area (TPSA) is 89.1 Å². The van der Waals surface area contributed by atoms with E-state index >= 15 is 0 Å². The van der Waals surface area contributed by atoms with Crippen molar-refractivity contribution in [3.8, 4) is 11.5 Å². The highest BCUT2D eigenvalue weighted by molar-refractivity contribution is 5.97. The molecular weight excluding hydrogens is 344 g/mol. The van der Waals surface area contributed by atoms with Crippen LogP contribution in [0.2, 0.25) is 0 Å². The number of nitrogens with one attached hydrogen (secondary N) is 2. The third-order valence-corrected chi connectivity index (χ3v) is 4.51. The molecule has 2 aromatic heterocycles. The third-order valence-electron chi connectivity index (χ3n) is 4.51. The van der Waals surface area contributed by atoms with E-state index in [-0.39, 0.29) is 11.8 Å². The molecule has 0 unspecified atom stereocenters. The lowest BCUT2D eigenvalue weighted by molar-refractivity contribution is 0.0948. The monoisotopic (exact) mass is 368 g/mol. The molecule has 1 amide bonds. The molecule has 2 heterocycles. The molecule has 0 saturated heterocycles. The molecule has 0 saturated carbocycles. The number of aryl methyl sites for hydroxylation is 1. The highest BCUT2D eigenvalue weighted by atomic mass is 16.5. The SMILES string of the molecule is COc1ccc(C[C@@H](C)CNC(=O)c2cnc3n[nH]c(C)c3c2)cc1OC. The highest BCUT2D eigenvalue weighted by Gasteiger charge is 2.13. The fourth-order valence-corrected chi connectivity index (χ4v) is 2.99. The molecule has 1 atom stereocenters. The van der Waals surface area contributed by atoms with Gasteiger partial charge in [-0.25, -0.2) is 4.98 Å². The molecule has 142 valence electrons. The Hall–Kier alpha value is -3.09. The molecule has 0 fully saturated rings. The Labute approximate surface area is 158 Å². The van der Waals surface area contributed by atoms with E-state index in [1.165, 1.54) is 0 Å². The minimum absolute atomic E-state index is 0.135. The molecule has 1 aromatic carbocycles. The number of carbonyl (C=O) groups excluding carboxylic acids is 1. The first-order valence-corrected chi connectivity index (χ1v) is 8.81. The second-order valence-electron chi connectivity index (χ2n) is 6.65. The van der Waals surface area contributed by atoms with E-state index in [1.807, 2.05) is 31.2 Å². The van der Waals surface area contributed by atoms with E-state index in [1.54, 1.807) is 20.4 Å². The van der Waals surface area contributed by atoms with Gasteiger partial charge >= 0.3 is 0 Å². The smallest absolute Gasteiger partial charge is 0.252 e. The number of fused-ring (bicyclic) bond motifs is 1. The summed E-state index contributed by atoms with van der Waals surface area (Å²) >= 11 is 0. The molecule has 3 aromatic rings. The normalized spacial score (nSPS) is 12.0. The van der Waals surface area contributed by atoms with Crippen molar-refractivity contribution in [3.63, 3.8) is 0 Å². The van der Waals surface area contributed by atoms with Crippen LogP contribution >= 0.6 is 0 Å². The summed E-state index contributed by atoms with van der Waals surface area (Å²) in [6, 6.07) is 7.69. The number of pyridine rings is 1. The van der Waals surface area contributed by atoms with E-state index in [2.05, 4.69) is 27.4 Å². The largest absolute Gasteiger partial charge is 0.493 e. The van der Waals surface area contributed by atoms with Gasteiger partial charge in [0.1, 0.15) is 0 Å². The zero-order valence-corrected chi connectivity index (χ0v) is 16.0. The van der Waals surface area contributed by atoms with Crippen LogP contribution in [0, 0.1) is 12.8 Å². The van der Waals surface area contributed by atoms with Crippen molar-refractivity contribution in [2.75, 3.05) is 20.8 Å². The van der Waals surface area contributed by atoms with E-state index < -0.39 is 0 Å². The van der Waals surface area contributed by atoms with Crippen molar-refractivity contribution in [2.24, 2.45) is 5.92 Å². The summed E-state index contributed by atoms with van der Waals surface area (Å²) in [6.07, 6.45) is 2.37. The van der Waals surface area contributed by atoms with Crippen LogP contribution in [0.15, 0.2) is 30.5 Å². The predicted molar refractivity (Wildman–Crippen MR) is 103 cm³/mol.